The van der Waals surface area contributed by atoms with Crippen molar-refractivity contribution in [1.82, 2.24) is 0 Å². The molecule has 0 heterocycles. The highest BCUT2D eigenvalue weighted by atomic mass is 16.1. The molecule has 1 nitrogen and oxygen atoms in total. The maximum absolute atomic E-state index is 10.0. The zero-order chi connectivity index (χ0) is 10.6. The third kappa shape index (κ3) is 9.76. The maximum Gasteiger partial charge on any atom is 0.119 e. The number of aldehydes is 1. The minimum atomic E-state index is 0.757. The van der Waals surface area contributed by atoms with E-state index in [9.17, 15) is 4.79 Å². The van der Waals surface area contributed by atoms with Gasteiger partial charge in [0, 0.05) is 6.42 Å². The molecular formula is C13H26O. The van der Waals surface area contributed by atoms with Gasteiger partial charge in [0.2, 0.25) is 0 Å². The van der Waals surface area contributed by atoms with Crippen LogP contribution in [0.1, 0.15) is 71.6 Å². The number of hydrogen-bond acceptors (Lipinski definition) is 1. The van der Waals surface area contributed by atoms with Crippen LogP contribution in [0, 0.1) is 5.92 Å². The van der Waals surface area contributed by atoms with Gasteiger partial charge in [-0.25, -0.2) is 0 Å². The Morgan fingerprint density at radius 3 is 2.14 bits per heavy atom. The Hall–Kier alpha value is -0.330. The van der Waals surface area contributed by atoms with Crippen LogP contribution in [0.4, 0.5) is 0 Å². The van der Waals surface area contributed by atoms with Gasteiger partial charge in [0.1, 0.15) is 6.29 Å². The van der Waals surface area contributed by atoms with Gasteiger partial charge in [0.05, 0.1) is 0 Å². The third-order valence-electron chi connectivity index (χ3n) is 2.97. The minimum Gasteiger partial charge on any atom is -0.303 e. The van der Waals surface area contributed by atoms with E-state index in [1.807, 2.05) is 0 Å². The molecule has 14 heavy (non-hydrogen) atoms. The Balaban J connectivity index is 2.95. The second-order valence-electron chi connectivity index (χ2n) is 4.38. The second kappa shape index (κ2) is 10.7. The second-order valence-corrected chi connectivity index (χ2v) is 4.38. The quantitative estimate of drug-likeness (QED) is 0.377. The monoisotopic (exact) mass is 198 g/mol. The third-order valence-corrected chi connectivity index (χ3v) is 2.97. The molecule has 0 saturated heterocycles. The maximum atomic E-state index is 10.0. The van der Waals surface area contributed by atoms with Gasteiger partial charge in [-0.05, 0) is 12.3 Å². The van der Waals surface area contributed by atoms with Crippen LogP contribution in [-0.2, 0) is 4.79 Å². The van der Waals surface area contributed by atoms with E-state index < -0.39 is 0 Å². The normalized spacial score (nSPS) is 12.7. The number of carbonyl (C=O) groups is 1. The summed E-state index contributed by atoms with van der Waals surface area (Å²) in [5, 5.41) is 0. The topological polar surface area (TPSA) is 17.1 Å². The summed E-state index contributed by atoms with van der Waals surface area (Å²) < 4.78 is 0. The van der Waals surface area contributed by atoms with E-state index in [-0.39, 0.29) is 0 Å². The highest BCUT2D eigenvalue weighted by Crippen LogP contribution is 2.14. The molecule has 0 fully saturated rings. The van der Waals surface area contributed by atoms with Gasteiger partial charge < -0.3 is 4.79 Å². The van der Waals surface area contributed by atoms with Crippen molar-refractivity contribution in [2.24, 2.45) is 5.92 Å². The van der Waals surface area contributed by atoms with Gasteiger partial charge in [-0.2, -0.15) is 0 Å². The van der Waals surface area contributed by atoms with E-state index in [4.69, 9.17) is 0 Å². The van der Waals surface area contributed by atoms with Crippen molar-refractivity contribution in [3.63, 3.8) is 0 Å². The van der Waals surface area contributed by atoms with Crippen molar-refractivity contribution in [3.05, 3.63) is 0 Å². The van der Waals surface area contributed by atoms with E-state index in [1.54, 1.807) is 0 Å². The Morgan fingerprint density at radius 2 is 1.57 bits per heavy atom. The molecular weight excluding hydrogens is 172 g/mol. The predicted octanol–water partition coefficient (Wildman–Crippen LogP) is 4.35. The molecule has 0 bridgehead atoms. The Labute approximate surface area is 89.3 Å². The average Bonchev–Trinajstić information content (AvgIpc) is 2.21. The van der Waals surface area contributed by atoms with Crippen molar-refractivity contribution >= 4 is 6.29 Å². The molecule has 0 aromatic heterocycles. The summed E-state index contributed by atoms with van der Waals surface area (Å²) in [6, 6.07) is 0. The van der Waals surface area contributed by atoms with E-state index in [0.717, 1.165) is 25.0 Å². The smallest absolute Gasteiger partial charge is 0.119 e. The lowest BCUT2D eigenvalue weighted by molar-refractivity contribution is -0.107. The molecule has 0 aliphatic carbocycles. The summed E-state index contributed by atoms with van der Waals surface area (Å²) in [6.45, 7) is 4.61. The highest BCUT2D eigenvalue weighted by molar-refractivity contribution is 5.48. The van der Waals surface area contributed by atoms with Gasteiger partial charge in [-0.15, -0.1) is 0 Å². The van der Waals surface area contributed by atoms with Crippen LogP contribution in [0.25, 0.3) is 0 Å². The Bertz CT molecular complexity index is 120. The first-order chi connectivity index (χ1) is 6.81. The number of hydrogen-bond donors (Lipinski definition) is 0. The molecule has 1 heteroatoms. The molecule has 0 N–H and O–H groups in total. The minimum absolute atomic E-state index is 0.757. The molecule has 0 amide bonds. The van der Waals surface area contributed by atoms with Crippen molar-refractivity contribution in [1.29, 1.82) is 0 Å². The molecule has 0 aromatic carbocycles. The zero-order valence-corrected chi connectivity index (χ0v) is 9.93. The Morgan fingerprint density at radius 1 is 1.00 bits per heavy atom. The summed E-state index contributed by atoms with van der Waals surface area (Å²) in [6.07, 6.45) is 12.3. The fourth-order valence-electron chi connectivity index (χ4n) is 1.63. The van der Waals surface area contributed by atoms with Crippen LogP contribution in [-0.4, -0.2) is 6.29 Å². The molecule has 0 unspecified atom stereocenters. The largest absolute Gasteiger partial charge is 0.303 e. The number of rotatable bonds is 10. The summed E-state index contributed by atoms with van der Waals surface area (Å²) in [7, 11) is 0. The van der Waals surface area contributed by atoms with Crippen LogP contribution in [0.3, 0.4) is 0 Å². The van der Waals surface area contributed by atoms with Crippen LogP contribution in [0.15, 0.2) is 0 Å². The van der Waals surface area contributed by atoms with Crippen molar-refractivity contribution < 1.29 is 4.79 Å². The van der Waals surface area contributed by atoms with Crippen LogP contribution >= 0.6 is 0 Å². The first kappa shape index (κ1) is 13.7. The summed E-state index contributed by atoms with van der Waals surface area (Å²) in [5.41, 5.74) is 0. The molecule has 1 atom stereocenters. The molecule has 0 aromatic rings. The van der Waals surface area contributed by atoms with Crippen molar-refractivity contribution in [3.8, 4) is 0 Å². The fraction of sp³-hybridized carbons (Fsp3) is 0.923. The molecule has 0 aliphatic heterocycles. The number of carbonyl (C=O) groups excluding carboxylic acids is 1. The van der Waals surface area contributed by atoms with Gasteiger partial charge in [-0.1, -0.05) is 58.8 Å². The van der Waals surface area contributed by atoms with E-state index in [1.165, 1.54) is 44.9 Å². The predicted molar refractivity (Wildman–Crippen MR) is 62.5 cm³/mol. The lowest BCUT2D eigenvalue weighted by Crippen LogP contribution is -1.91. The standard InChI is InChI=1S/C13H26O/c1-3-13(2)11-9-7-5-4-6-8-10-12-14/h12-13H,3-11H2,1-2H3/t13-/m1/s1. The zero-order valence-electron chi connectivity index (χ0n) is 9.93. The highest BCUT2D eigenvalue weighted by Gasteiger charge is 1.97. The molecule has 0 rings (SSSR count). The van der Waals surface area contributed by atoms with Crippen molar-refractivity contribution in [2.75, 3.05) is 0 Å². The summed E-state index contributed by atoms with van der Waals surface area (Å²) >= 11 is 0. The summed E-state index contributed by atoms with van der Waals surface area (Å²) in [4.78, 5) is 10.0. The SMILES string of the molecule is CC[C@@H](C)CCCCCCCCC=O. The van der Waals surface area contributed by atoms with E-state index in [0.29, 0.717) is 0 Å². The molecule has 0 spiro atoms. The lowest BCUT2D eigenvalue weighted by atomic mass is 10.00. The van der Waals surface area contributed by atoms with Gasteiger partial charge >= 0.3 is 0 Å². The van der Waals surface area contributed by atoms with Crippen LogP contribution < -0.4 is 0 Å². The molecule has 0 aliphatic rings. The number of unbranched alkanes of at least 4 members (excludes halogenated alkanes) is 6. The van der Waals surface area contributed by atoms with Gasteiger partial charge in [0.25, 0.3) is 0 Å². The lowest BCUT2D eigenvalue weighted by Gasteiger charge is -2.07. The first-order valence-corrected chi connectivity index (χ1v) is 6.24. The van der Waals surface area contributed by atoms with Crippen LogP contribution in [0.5, 0.6) is 0 Å². The average molecular weight is 198 g/mol. The Kier molecular flexibility index (Phi) is 10.5. The molecule has 84 valence electrons. The van der Waals surface area contributed by atoms with Gasteiger partial charge in [-0.3, -0.25) is 0 Å². The molecule has 0 saturated carbocycles. The van der Waals surface area contributed by atoms with Crippen LogP contribution in [0.2, 0.25) is 0 Å². The summed E-state index contributed by atoms with van der Waals surface area (Å²) in [5.74, 6) is 0.907. The van der Waals surface area contributed by atoms with E-state index in [2.05, 4.69) is 13.8 Å². The van der Waals surface area contributed by atoms with Gasteiger partial charge in [0.15, 0.2) is 0 Å². The van der Waals surface area contributed by atoms with E-state index >= 15 is 0 Å². The molecule has 0 radical (unpaired) electrons. The van der Waals surface area contributed by atoms with Crippen molar-refractivity contribution in [2.45, 2.75) is 71.6 Å². The first-order valence-electron chi connectivity index (χ1n) is 6.24. The fourth-order valence-corrected chi connectivity index (χ4v) is 1.63.